The first-order valence-electron chi connectivity index (χ1n) is 11.2. The zero-order valence-electron chi connectivity index (χ0n) is 18.7. The Labute approximate surface area is 192 Å². The number of likely N-dealkylation sites (tertiary alicyclic amines) is 1. The molecule has 9 heteroatoms. The molecule has 1 saturated carbocycles. The molecule has 4 heterocycles. The van der Waals surface area contributed by atoms with Gasteiger partial charge in [-0.2, -0.15) is 5.10 Å². The molecule has 0 aromatic carbocycles. The first kappa shape index (κ1) is 21.2. The third-order valence-corrected chi connectivity index (χ3v) is 7.48. The van der Waals surface area contributed by atoms with Crippen LogP contribution in [-0.2, 0) is 17.8 Å². The van der Waals surface area contributed by atoms with Gasteiger partial charge in [0.25, 0.3) is 0 Å². The summed E-state index contributed by atoms with van der Waals surface area (Å²) in [6.45, 7) is 8.38. The number of carbonyl (C=O) groups is 2. The van der Waals surface area contributed by atoms with Crippen molar-refractivity contribution in [1.29, 1.82) is 0 Å². The molecule has 2 aromatic heterocycles. The first-order chi connectivity index (χ1) is 15.2. The Kier molecular flexibility index (Phi) is 5.15. The molecule has 3 amide bonds. The monoisotopic (exact) mass is 456 g/mol. The van der Waals surface area contributed by atoms with Crippen molar-refractivity contribution in [3.8, 4) is 11.1 Å². The van der Waals surface area contributed by atoms with E-state index in [-0.39, 0.29) is 17.4 Å². The minimum atomic E-state index is -0.279. The van der Waals surface area contributed by atoms with E-state index in [0.717, 1.165) is 49.2 Å². The number of hydrogen-bond acceptors (Lipinski definition) is 4. The lowest BCUT2D eigenvalue weighted by Crippen LogP contribution is -2.42. The summed E-state index contributed by atoms with van der Waals surface area (Å²) >= 11 is 6.46. The van der Waals surface area contributed by atoms with Crippen molar-refractivity contribution in [1.82, 2.24) is 25.0 Å². The average molecular weight is 457 g/mol. The molecule has 0 radical (unpaired) electrons. The van der Waals surface area contributed by atoms with Gasteiger partial charge in [-0.25, -0.2) is 9.78 Å². The highest BCUT2D eigenvalue weighted by Gasteiger charge is 2.45. The van der Waals surface area contributed by atoms with Gasteiger partial charge in [0.05, 0.1) is 11.2 Å². The number of pyridine rings is 1. The van der Waals surface area contributed by atoms with Crippen molar-refractivity contribution in [2.24, 2.45) is 17.3 Å². The van der Waals surface area contributed by atoms with E-state index >= 15 is 0 Å². The number of urea groups is 1. The summed E-state index contributed by atoms with van der Waals surface area (Å²) in [6, 6.07) is 1.86. The Bertz CT molecular complexity index is 1080. The Balaban J connectivity index is 1.22. The normalized spacial score (nSPS) is 25.1. The van der Waals surface area contributed by atoms with Crippen LogP contribution >= 0.6 is 11.6 Å². The van der Waals surface area contributed by atoms with Crippen LogP contribution in [0.2, 0.25) is 5.02 Å². The van der Waals surface area contributed by atoms with Crippen LogP contribution in [0, 0.1) is 17.3 Å². The lowest BCUT2D eigenvalue weighted by Gasteiger charge is -2.30. The minimum absolute atomic E-state index is 0.152. The largest absolute Gasteiger partial charge is 0.340 e. The number of anilines is 1. The molecule has 2 aromatic rings. The fourth-order valence-corrected chi connectivity index (χ4v) is 5.87. The van der Waals surface area contributed by atoms with Gasteiger partial charge in [0.15, 0.2) is 0 Å². The fourth-order valence-electron chi connectivity index (χ4n) is 5.67. The highest BCUT2D eigenvalue weighted by molar-refractivity contribution is 6.33. The summed E-state index contributed by atoms with van der Waals surface area (Å²) in [4.78, 5) is 30.4. The molecule has 1 saturated heterocycles. The van der Waals surface area contributed by atoms with Crippen LogP contribution in [0.3, 0.4) is 0 Å². The van der Waals surface area contributed by atoms with Crippen molar-refractivity contribution in [3.05, 3.63) is 29.2 Å². The number of nitrogens with zero attached hydrogens (tertiary/aromatic N) is 4. The van der Waals surface area contributed by atoms with Crippen molar-refractivity contribution >= 4 is 29.4 Å². The fraction of sp³-hybridized carbons (Fsp3) is 0.565. The van der Waals surface area contributed by atoms with E-state index in [1.807, 2.05) is 21.8 Å². The highest BCUT2D eigenvalue weighted by atomic mass is 35.5. The molecule has 1 aliphatic carbocycles. The molecule has 2 aliphatic heterocycles. The van der Waals surface area contributed by atoms with Gasteiger partial charge in [-0.1, -0.05) is 25.4 Å². The van der Waals surface area contributed by atoms with E-state index in [1.54, 1.807) is 13.1 Å². The van der Waals surface area contributed by atoms with Crippen LogP contribution in [0.15, 0.2) is 18.5 Å². The number of piperidine rings is 1. The zero-order valence-corrected chi connectivity index (χ0v) is 19.4. The summed E-state index contributed by atoms with van der Waals surface area (Å²) in [5.41, 5.74) is 3.14. The summed E-state index contributed by atoms with van der Waals surface area (Å²) in [6.07, 6.45) is 6.34. The maximum atomic E-state index is 12.5. The van der Waals surface area contributed by atoms with E-state index < -0.39 is 0 Å². The molecule has 2 fully saturated rings. The summed E-state index contributed by atoms with van der Waals surface area (Å²) in [5, 5.41) is 10.9. The lowest BCUT2D eigenvalue weighted by molar-refractivity contribution is -0.130. The number of hydrogen-bond donors (Lipinski definition) is 2. The van der Waals surface area contributed by atoms with E-state index in [4.69, 9.17) is 11.6 Å². The van der Waals surface area contributed by atoms with Gasteiger partial charge < -0.3 is 10.2 Å². The molecule has 2 N–H and O–H groups in total. The van der Waals surface area contributed by atoms with Gasteiger partial charge in [-0.3, -0.25) is 14.8 Å². The molecule has 2 bridgehead atoms. The van der Waals surface area contributed by atoms with Gasteiger partial charge in [0.1, 0.15) is 5.82 Å². The van der Waals surface area contributed by atoms with Gasteiger partial charge in [-0.05, 0) is 42.6 Å². The van der Waals surface area contributed by atoms with Crippen LogP contribution in [0.1, 0.15) is 39.3 Å². The molecule has 3 atom stereocenters. The molecule has 3 aliphatic rings. The first-order valence-corrected chi connectivity index (χ1v) is 11.6. The van der Waals surface area contributed by atoms with E-state index in [2.05, 4.69) is 34.6 Å². The Hall–Kier alpha value is -2.61. The topological polar surface area (TPSA) is 92.2 Å². The van der Waals surface area contributed by atoms with E-state index in [1.165, 1.54) is 0 Å². The highest BCUT2D eigenvalue weighted by Crippen LogP contribution is 2.42. The van der Waals surface area contributed by atoms with Crippen LogP contribution < -0.4 is 10.6 Å². The number of rotatable bonds is 4. The van der Waals surface area contributed by atoms with Crippen molar-refractivity contribution in [3.63, 3.8) is 0 Å². The van der Waals surface area contributed by atoms with E-state index in [0.29, 0.717) is 35.3 Å². The number of fused-ring (bicyclic) bond motifs is 3. The molecule has 32 heavy (non-hydrogen) atoms. The second-order valence-corrected chi connectivity index (χ2v) is 10.6. The number of nitrogens with one attached hydrogen (secondary N) is 2. The molecule has 8 nitrogen and oxygen atoms in total. The Morgan fingerprint density at radius 3 is 2.78 bits per heavy atom. The van der Waals surface area contributed by atoms with Crippen LogP contribution in [-0.4, -0.2) is 50.7 Å². The lowest BCUT2D eigenvalue weighted by atomic mass is 9.89. The smallest absolute Gasteiger partial charge is 0.320 e. The summed E-state index contributed by atoms with van der Waals surface area (Å²) < 4.78 is 2.04. The maximum Gasteiger partial charge on any atom is 0.320 e. The van der Waals surface area contributed by atoms with Gasteiger partial charge in [0, 0.05) is 55.6 Å². The zero-order chi connectivity index (χ0) is 22.6. The summed E-state index contributed by atoms with van der Waals surface area (Å²) in [7, 11) is 0. The van der Waals surface area contributed by atoms with Crippen molar-refractivity contribution in [2.75, 3.05) is 18.4 Å². The van der Waals surface area contributed by atoms with Crippen LogP contribution in [0.4, 0.5) is 10.6 Å². The van der Waals surface area contributed by atoms with Crippen molar-refractivity contribution < 1.29 is 9.59 Å². The molecule has 5 rings (SSSR count). The van der Waals surface area contributed by atoms with Gasteiger partial charge in [0.2, 0.25) is 5.91 Å². The third kappa shape index (κ3) is 3.85. The van der Waals surface area contributed by atoms with E-state index in [9.17, 15) is 9.59 Å². The second kappa shape index (κ2) is 7.76. The standard InChI is InChI=1S/C23H29ClN6O2/c1-13(31)29-11-15-5-16(29)4-14(15)8-26-22(32)28-21-6-17(19(24)10-25-21)18-9-27-30-12-23(2,3)7-20(18)30/h6,9-10,14-16H,4-5,7-8,11-12H2,1-3H3,(H2,25,26,28,32)/t14-,15+,16-/m1/s1. The predicted molar refractivity (Wildman–Crippen MR) is 122 cm³/mol. The molecule has 0 spiro atoms. The van der Waals surface area contributed by atoms with Gasteiger partial charge in [-0.15, -0.1) is 0 Å². The molecule has 170 valence electrons. The number of halogens is 1. The quantitative estimate of drug-likeness (QED) is 0.735. The second-order valence-electron chi connectivity index (χ2n) is 10.2. The summed E-state index contributed by atoms with van der Waals surface area (Å²) in [5.74, 6) is 1.49. The SMILES string of the molecule is CC(=O)N1C[C@@H]2C[C@H]1C[C@@H]2CNC(=O)Nc1cc(-c2cnn3c2CC(C)(C)C3)c(Cl)cn1. The van der Waals surface area contributed by atoms with Crippen LogP contribution in [0.25, 0.3) is 11.1 Å². The van der Waals surface area contributed by atoms with Crippen LogP contribution in [0.5, 0.6) is 0 Å². The maximum absolute atomic E-state index is 12.5. The van der Waals surface area contributed by atoms with Gasteiger partial charge >= 0.3 is 6.03 Å². The van der Waals surface area contributed by atoms with Crippen molar-refractivity contribution in [2.45, 2.75) is 52.6 Å². The molecule has 0 unspecified atom stereocenters. The Morgan fingerprint density at radius 2 is 2.06 bits per heavy atom. The molecular formula is C23H29ClN6O2. The number of carbonyl (C=O) groups excluding carboxylic acids is 2. The predicted octanol–water partition coefficient (Wildman–Crippen LogP) is 3.56. The minimum Gasteiger partial charge on any atom is -0.340 e. The number of aromatic nitrogens is 3. The number of amides is 3. The Morgan fingerprint density at radius 1 is 1.25 bits per heavy atom. The molecular weight excluding hydrogens is 428 g/mol. The average Bonchev–Trinajstić information content (AvgIpc) is 3.47. The third-order valence-electron chi connectivity index (χ3n) is 7.18.